The summed E-state index contributed by atoms with van der Waals surface area (Å²) in [7, 11) is 0. The van der Waals surface area contributed by atoms with Gasteiger partial charge in [0.25, 0.3) is 0 Å². The smallest absolute Gasteiger partial charge is 0.0357 e. The maximum atomic E-state index is 2.38. The lowest BCUT2D eigenvalue weighted by Gasteiger charge is -2.29. The van der Waals surface area contributed by atoms with Gasteiger partial charge in [0.15, 0.2) is 0 Å². The van der Waals surface area contributed by atoms with E-state index in [1.54, 1.807) is 19.3 Å². The van der Waals surface area contributed by atoms with Gasteiger partial charge in [-0.05, 0) is 42.9 Å². The van der Waals surface area contributed by atoms with Crippen molar-refractivity contribution in [3.8, 4) is 0 Å². The second-order valence-corrected chi connectivity index (χ2v) is 4.48. The van der Waals surface area contributed by atoms with Crippen LogP contribution in [0.3, 0.4) is 0 Å². The van der Waals surface area contributed by atoms with Crippen molar-refractivity contribution in [1.82, 2.24) is 0 Å². The molecule has 0 N–H and O–H groups in total. The van der Waals surface area contributed by atoms with Gasteiger partial charge < -0.3 is 0 Å². The molecular formula is C11H20. The molecule has 2 fully saturated rings. The molecule has 0 aromatic rings. The average molecular weight is 152 g/mol. The van der Waals surface area contributed by atoms with Crippen molar-refractivity contribution in [1.29, 1.82) is 0 Å². The van der Waals surface area contributed by atoms with Crippen LogP contribution in [0, 0.1) is 23.7 Å². The number of hydrogen-bond acceptors (Lipinski definition) is 0. The lowest BCUT2D eigenvalue weighted by molar-refractivity contribution is 0.209. The van der Waals surface area contributed by atoms with Gasteiger partial charge in [-0.3, -0.25) is 0 Å². The molecule has 4 atom stereocenters. The molecule has 2 aliphatic carbocycles. The standard InChI is InChI=1S/C11H20/c1-3-10-8-5-6-9(7-8)11(10)4-2/h8-11H,3-7H2,1-2H3/t8?,9?,10-,11?/m1/s1. The molecule has 0 heterocycles. The Bertz CT molecular complexity index is 123. The molecule has 0 saturated heterocycles. The van der Waals surface area contributed by atoms with Crippen LogP contribution in [0.1, 0.15) is 46.0 Å². The fourth-order valence-corrected chi connectivity index (χ4v) is 3.80. The molecule has 2 rings (SSSR count). The van der Waals surface area contributed by atoms with E-state index in [2.05, 4.69) is 13.8 Å². The molecule has 3 unspecified atom stereocenters. The molecule has 2 saturated carbocycles. The highest BCUT2D eigenvalue weighted by atomic mass is 14.5. The minimum atomic E-state index is 1.11. The zero-order valence-electron chi connectivity index (χ0n) is 7.84. The summed E-state index contributed by atoms with van der Waals surface area (Å²) in [4.78, 5) is 0. The quantitative estimate of drug-likeness (QED) is 0.568. The van der Waals surface area contributed by atoms with Crippen molar-refractivity contribution < 1.29 is 0 Å². The first-order chi connectivity index (χ1) is 5.36. The lowest BCUT2D eigenvalue weighted by Crippen LogP contribution is -2.20. The Morgan fingerprint density at radius 2 is 1.36 bits per heavy atom. The Balaban J connectivity index is 2.08. The Kier molecular flexibility index (Phi) is 1.95. The highest BCUT2D eigenvalue weighted by Crippen LogP contribution is 2.54. The van der Waals surface area contributed by atoms with Crippen LogP contribution in [0.4, 0.5) is 0 Å². The first kappa shape index (κ1) is 7.64. The Labute approximate surface area is 70.4 Å². The molecule has 2 bridgehead atoms. The summed E-state index contributed by atoms with van der Waals surface area (Å²) < 4.78 is 0. The maximum Gasteiger partial charge on any atom is -0.0357 e. The highest BCUT2D eigenvalue weighted by molar-refractivity contribution is 4.94. The zero-order chi connectivity index (χ0) is 7.84. The van der Waals surface area contributed by atoms with Crippen molar-refractivity contribution in [3.05, 3.63) is 0 Å². The second kappa shape index (κ2) is 2.80. The monoisotopic (exact) mass is 152 g/mol. The van der Waals surface area contributed by atoms with Crippen LogP contribution in [-0.2, 0) is 0 Å². The molecular weight excluding hydrogens is 132 g/mol. The second-order valence-electron chi connectivity index (χ2n) is 4.48. The van der Waals surface area contributed by atoms with E-state index in [0.717, 1.165) is 23.7 Å². The first-order valence-corrected chi connectivity index (χ1v) is 5.36. The largest absolute Gasteiger partial charge is 0.0651 e. The van der Waals surface area contributed by atoms with Crippen molar-refractivity contribution in [2.75, 3.05) is 0 Å². The minimum Gasteiger partial charge on any atom is -0.0651 e. The maximum absolute atomic E-state index is 2.38. The summed E-state index contributed by atoms with van der Waals surface area (Å²) in [5, 5.41) is 0. The van der Waals surface area contributed by atoms with Gasteiger partial charge in [-0.25, -0.2) is 0 Å². The summed E-state index contributed by atoms with van der Waals surface area (Å²) in [5.41, 5.74) is 0. The molecule has 0 aromatic heterocycles. The van der Waals surface area contributed by atoms with Crippen molar-refractivity contribution in [2.24, 2.45) is 23.7 Å². The van der Waals surface area contributed by atoms with Crippen LogP contribution in [-0.4, -0.2) is 0 Å². The molecule has 0 aromatic carbocycles. The molecule has 0 amide bonds. The first-order valence-electron chi connectivity index (χ1n) is 5.36. The molecule has 0 spiro atoms. The molecule has 2 aliphatic rings. The van der Waals surface area contributed by atoms with Crippen LogP contribution in [0.25, 0.3) is 0 Å². The molecule has 0 heteroatoms. The molecule has 11 heavy (non-hydrogen) atoms. The summed E-state index contributed by atoms with van der Waals surface area (Å²) in [5.74, 6) is 4.49. The summed E-state index contributed by atoms with van der Waals surface area (Å²) >= 11 is 0. The Hall–Kier alpha value is 0. The predicted octanol–water partition coefficient (Wildman–Crippen LogP) is 3.47. The van der Waals surface area contributed by atoms with E-state index in [0.29, 0.717) is 0 Å². The lowest BCUT2D eigenvalue weighted by atomic mass is 9.77. The zero-order valence-corrected chi connectivity index (χ0v) is 7.84. The molecule has 64 valence electrons. The number of rotatable bonds is 2. The van der Waals surface area contributed by atoms with E-state index in [1.165, 1.54) is 12.8 Å². The van der Waals surface area contributed by atoms with Crippen LogP contribution in [0.15, 0.2) is 0 Å². The third-order valence-corrected chi connectivity index (χ3v) is 4.22. The SMILES string of the molecule is CCC1C2CCC(C2)[C@H]1CC. The molecule has 0 radical (unpaired) electrons. The molecule has 0 nitrogen and oxygen atoms in total. The van der Waals surface area contributed by atoms with Crippen LogP contribution < -0.4 is 0 Å². The van der Waals surface area contributed by atoms with Gasteiger partial charge in [0.05, 0.1) is 0 Å². The van der Waals surface area contributed by atoms with Gasteiger partial charge in [0.2, 0.25) is 0 Å². The number of fused-ring (bicyclic) bond motifs is 2. The fraction of sp³-hybridized carbons (Fsp3) is 1.00. The summed E-state index contributed by atoms with van der Waals surface area (Å²) in [6.45, 7) is 4.77. The topological polar surface area (TPSA) is 0 Å². The summed E-state index contributed by atoms with van der Waals surface area (Å²) in [6.07, 6.45) is 7.58. The van der Waals surface area contributed by atoms with Gasteiger partial charge in [-0.15, -0.1) is 0 Å². The normalized spacial score (nSPS) is 48.5. The Morgan fingerprint density at radius 3 is 1.73 bits per heavy atom. The van der Waals surface area contributed by atoms with Crippen molar-refractivity contribution in [3.63, 3.8) is 0 Å². The van der Waals surface area contributed by atoms with Crippen LogP contribution in [0.5, 0.6) is 0 Å². The fourth-order valence-electron chi connectivity index (χ4n) is 3.80. The molecule has 0 aliphatic heterocycles. The summed E-state index contributed by atoms with van der Waals surface area (Å²) in [6, 6.07) is 0. The van der Waals surface area contributed by atoms with E-state index >= 15 is 0 Å². The third kappa shape index (κ3) is 1.02. The van der Waals surface area contributed by atoms with E-state index in [-0.39, 0.29) is 0 Å². The van der Waals surface area contributed by atoms with Crippen molar-refractivity contribution >= 4 is 0 Å². The average Bonchev–Trinajstić information content (AvgIpc) is 2.60. The number of hydrogen-bond donors (Lipinski definition) is 0. The van der Waals surface area contributed by atoms with Crippen molar-refractivity contribution in [2.45, 2.75) is 46.0 Å². The van der Waals surface area contributed by atoms with Gasteiger partial charge in [0, 0.05) is 0 Å². The van der Waals surface area contributed by atoms with Crippen LogP contribution >= 0.6 is 0 Å². The van der Waals surface area contributed by atoms with E-state index in [9.17, 15) is 0 Å². The third-order valence-electron chi connectivity index (χ3n) is 4.22. The van der Waals surface area contributed by atoms with E-state index in [4.69, 9.17) is 0 Å². The van der Waals surface area contributed by atoms with Gasteiger partial charge in [-0.1, -0.05) is 26.7 Å². The van der Waals surface area contributed by atoms with Crippen LogP contribution in [0.2, 0.25) is 0 Å². The van der Waals surface area contributed by atoms with Gasteiger partial charge in [-0.2, -0.15) is 0 Å². The Morgan fingerprint density at radius 1 is 0.909 bits per heavy atom. The van der Waals surface area contributed by atoms with Gasteiger partial charge >= 0.3 is 0 Å². The van der Waals surface area contributed by atoms with Gasteiger partial charge in [0.1, 0.15) is 0 Å². The minimum absolute atomic E-state index is 1.11. The highest BCUT2D eigenvalue weighted by Gasteiger charge is 2.45. The predicted molar refractivity (Wildman–Crippen MR) is 48.4 cm³/mol. The van der Waals surface area contributed by atoms with E-state index < -0.39 is 0 Å². The van der Waals surface area contributed by atoms with E-state index in [1.807, 2.05) is 0 Å².